The zero-order valence-corrected chi connectivity index (χ0v) is 16.2. The van der Waals surface area contributed by atoms with E-state index in [0.717, 1.165) is 77.0 Å². The van der Waals surface area contributed by atoms with E-state index in [0.29, 0.717) is 5.78 Å². The summed E-state index contributed by atoms with van der Waals surface area (Å²) in [4.78, 5) is 18.6. The molecular weight excluding hydrogens is 336 g/mol. The third kappa shape index (κ3) is 5.39. The molecule has 5 nitrogen and oxygen atoms in total. The maximum atomic E-state index is 13.6. The smallest absolute Gasteiger partial charge is 0.167 e. The van der Waals surface area contributed by atoms with Crippen LogP contribution in [0.25, 0.3) is 0 Å². The van der Waals surface area contributed by atoms with E-state index < -0.39 is 0 Å². The Bertz CT molecular complexity index is 391. The highest BCUT2D eigenvalue weighted by Gasteiger charge is 2.40. The Morgan fingerprint density at radius 3 is 1.44 bits per heavy atom. The molecule has 2 heterocycles. The minimum atomic E-state index is 0. The second kappa shape index (κ2) is 9.14. The number of carbonyl (C=O) groups is 1. The van der Waals surface area contributed by atoms with Gasteiger partial charge in [0.15, 0.2) is 5.78 Å². The molecule has 2 saturated heterocycles. The Balaban J connectivity index is 0.00000182. The van der Waals surface area contributed by atoms with Crippen LogP contribution in [0.5, 0.6) is 0 Å². The Morgan fingerprint density at radius 2 is 1.12 bits per heavy atom. The van der Waals surface area contributed by atoms with Gasteiger partial charge in [-0.05, 0) is 24.7 Å². The number of Topliss-reactive ketones (excluding diaryl/α,β-unsaturated/α-hetero) is 1. The van der Waals surface area contributed by atoms with Crippen LogP contribution in [0.15, 0.2) is 0 Å². The van der Waals surface area contributed by atoms with Gasteiger partial charge in [0.2, 0.25) is 0 Å². The van der Waals surface area contributed by atoms with Gasteiger partial charge < -0.3 is 10.6 Å². The normalized spacial score (nSPS) is 28.2. The minimum absolute atomic E-state index is 0. The van der Waals surface area contributed by atoms with Crippen LogP contribution in [0.4, 0.5) is 0 Å². The number of nitrogens with zero attached hydrogens (tertiary/aromatic N) is 2. The van der Waals surface area contributed by atoms with Gasteiger partial charge in [-0.25, -0.2) is 0 Å². The molecule has 0 bridgehead atoms. The van der Waals surface area contributed by atoms with Crippen molar-refractivity contribution in [2.24, 2.45) is 11.8 Å². The van der Waals surface area contributed by atoms with Crippen LogP contribution in [0.1, 0.15) is 38.5 Å². The topological polar surface area (TPSA) is 47.6 Å². The summed E-state index contributed by atoms with van der Waals surface area (Å²) in [7, 11) is 0. The number of rotatable bonds is 8. The first kappa shape index (κ1) is 19.6. The second-order valence-corrected chi connectivity index (χ2v) is 8.36. The fourth-order valence-electron chi connectivity index (χ4n) is 4.44. The highest BCUT2D eigenvalue weighted by molar-refractivity contribution is 5.89. The zero-order chi connectivity index (χ0) is 16.4. The molecular formula is C19H35ClN4O. The molecule has 25 heavy (non-hydrogen) atoms. The van der Waals surface area contributed by atoms with Gasteiger partial charge in [-0.1, -0.05) is 25.7 Å². The summed E-state index contributed by atoms with van der Waals surface area (Å²) >= 11 is 0. The van der Waals surface area contributed by atoms with Crippen molar-refractivity contribution in [2.75, 3.05) is 52.4 Å². The monoisotopic (exact) mass is 370 g/mol. The van der Waals surface area contributed by atoms with Gasteiger partial charge in [0, 0.05) is 52.4 Å². The molecule has 0 radical (unpaired) electrons. The Kier molecular flexibility index (Phi) is 7.15. The lowest BCUT2D eigenvalue weighted by Crippen LogP contribution is -2.58. The highest BCUT2D eigenvalue weighted by Crippen LogP contribution is 2.38. The van der Waals surface area contributed by atoms with Crippen LogP contribution in [-0.4, -0.2) is 80.0 Å². The number of halogens is 1. The summed E-state index contributed by atoms with van der Waals surface area (Å²) in [5.74, 6) is 2.19. The Labute approximate surface area is 158 Å². The fraction of sp³-hybridized carbons (Fsp3) is 0.947. The maximum Gasteiger partial charge on any atom is 0.167 e. The molecule has 2 N–H and O–H groups in total. The first-order chi connectivity index (χ1) is 11.8. The number of hydrogen-bond acceptors (Lipinski definition) is 5. The van der Waals surface area contributed by atoms with Gasteiger partial charge in [-0.3, -0.25) is 14.6 Å². The third-order valence-corrected chi connectivity index (χ3v) is 6.35. The van der Waals surface area contributed by atoms with Crippen molar-refractivity contribution in [3.63, 3.8) is 0 Å². The van der Waals surface area contributed by atoms with Crippen molar-refractivity contribution in [3.05, 3.63) is 0 Å². The Hall–Kier alpha value is -0.200. The summed E-state index contributed by atoms with van der Waals surface area (Å²) in [5, 5.41) is 6.88. The molecule has 0 aromatic carbocycles. The minimum Gasteiger partial charge on any atom is -0.314 e. The second-order valence-electron chi connectivity index (χ2n) is 8.36. The standard InChI is InChI=1S/C19H34N4O.ClH/c24-19(17(13-15-1-2-15)22-9-5-20-6-10-22)18(14-16-3-4-16)23-11-7-21-8-12-23;/h15-18,20-21H,1-14H2;1H. The van der Waals surface area contributed by atoms with Gasteiger partial charge in [0.25, 0.3) is 0 Å². The molecule has 2 aliphatic carbocycles. The molecule has 2 aliphatic heterocycles. The average molecular weight is 371 g/mol. The molecule has 2 atom stereocenters. The van der Waals surface area contributed by atoms with Gasteiger partial charge in [0.1, 0.15) is 0 Å². The lowest BCUT2D eigenvalue weighted by Gasteiger charge is -2.40. The van der Waals surface area contributed by atoms with Crippen LogP contribution in [0.3, 0.4) is 0 Å². The molecule has 2 unspecified atom stereocenters. The average Bonchev–Trinajstić information content (AvgIpc) is 3.54. The third-order valence-electron chi connectivity index (χ3n) is 6.35. The van der Waals surface area contributed by atoms with Crippen LogP contribution in [0.2, 0.25) is 0 Å². The van der Waals surface area contributed by atoms with Crippen molar-refractivity contribution in [1.82, 2.24) is 20.4 Å². The van der Waals surface area contributed by atoms with Gasteiger partial charge in [-0.2, -0.15) is 0 Å². The zero-order valence-electron chi connectivity index (χ0n) is 15.4. The van der Waals surface area contributed by atoms with E-state index in [2.05, 4.69) is 20.4 Å². The van der Waals surface area contributed by atoms with E-state index in [-0.39, 0.29) is 24.5 Å². The molecule has 0 aromatic rings. The molecule has 144 valence electrons. The van der Waals surface area contributed by atoms with E-state index >= 15 is 0 Å². The van der Waals surface area contributed by atoms with Crippen molar-refractivity contribution in [2.45, 2.75) is 50.6 Å². The van der Waals surface area contributed by atoms with E-state index in [1.807, 2.05) is 0 Å². The number of piperazine rings is 2. The molecule has 4 rings (SSSR count). The summed E-state index contributed by atoms with van der Waals surface area (Å²) in [6.45, 7) is 8.32. The number of hydrogen-bond donors (Lipinski definition) is 2. The predicted octanol–water partition coefficient (Wildman–Crippen LogP) is 1.13. The van der Waals surface area contributed by atoms with Crippen molar-refractivity contribution in [1.29, 1.82) is 0 Å². The fourth-order valence-corrected chi connectivity index (χ4v) is 4.44. The van der Waals surface area contributed by atoms with Crippen molar-refractivity contribution < 1.29 is 4.79 Å². The van der Waals surface area contributed by atoms with Crippen LogP contribution < -0.4 is 10.6 Å². The van der Waals surface area contributed by atoms with Crippen molar-refractivity contribution in [3.8, 4) is 0 Å². The first-order valence-electron chi connectivity index (χ1n) is 10.2. The SMILES string of the molecule is Cl.O=C(C(CC1CC1)N1CCNCC1)C(CC1CC1)N1CCNCC1. The molecule has 0 amide bonds. The van der Waals surface area contributed by atoms with E-state index in [1.54, 1.807) is 0 Å². The largest absolute Gasteiger partial charge is 0.314 e. The molecule has 2 saturated carbocycles. The Morgan fingerprint density at radius 1 is 0.760 bits per heavy atom. The van der Waals surface area contributed by atoms with Gasteiger partial charge in [0.05, 0.1) is 12.1 Å². The van der Waals surface area contributed by atoms with Crippen LogP contribution in [-0.2, 0) is 4.79 Å². The quantitative estimate of drug-likeness (QED) is 0.670. The summed E-state index contributed by atoms with van der Waals surface area (Å²) < 4.78 is 0. The van der Waals surface area contributed by atoms with Gasteiger partial charge in [-0.15, -0.1) is 12.4 Å². The summed E-state index contributed by atoms with van der Waals surface area (Å²) in [6, 6.07) is 0.358. The van der Waals surface area contributed by atoms with Gasteiger partial charge >= 0.3 is 0 Å². The summed E-state index contributed by atoms with van der Waals surface area (Å²) in [5.41, 5.74) is 0. The molecule has 4 aliphatic rings. The lowest BCUT2D eigenvalue weighted by atomic mass is 9.93. The van der Waals surface area contributed by atoms with Crippen molar-refractivity contribution >= 4 is 18.2 Å². The van der Waals surface area contributed by atoms with Crippen LogP contribution >= 0.6 is 12.4 Å². The summed E-state index contributed by atoms with van der Waals surface area (Å²) in [6.07, 6.45) is 7.61. The first-order valence-corrected chi connectivity index (χ1v) is 10.2. The number of nitrogens with one attached hydrogen (secondary N) is 2. The highest BCUT2D eigenvalue weighted by atomic mass is 35.5. The molecule has 0 spiro atoms. The number of ketones is 1. The van der Waals surface area contributed by atoms with Crippen LogP contribution in [0, 0.1) is 11.8 Å². The molecule has 4 fully saturated rings. The lowest BCUT2D eigenvalue weighted by molar-refractivity contribution is -0.131. The van der Waals surface area contributed by atoms with E-state index in [1.165, 1.54) is 25.7 Å². The number of carbonyl (C=O) groups excluding carboxylic acids is 1. The predicted molar refractivity (Wildman–Crippen MR) is 103 cm³/mol. The molecule has 0 aromatic heterocycles. The molecule has 6 heteroatoms. The maximum absolute atomic E-state index is 13.6. The van der Waals surface area contributed by atoms with E-state index in [9.17, 15) is 4.79 Å². The van der Waals surface area contributed by atoms with E-state index in [4.69, 9.17) is 0 Å².